The lowest BCUT2D eigenvalue weighted by molar-refractivity contribution is 0.211. The third-order valence-electron chi connectivity index (χ3n) is 2.65. The van der Waals surface area contributed by atoms with Gasteiger partial charge in [0.15, 0.2) is 5.13 Å². The SMILES string of the molecule is CCc1nc(NCCOC)sc1-c1ccccc1. The molecule has 0 aliphatic heterocycles. The van der Waals surface area contributed by atoms with Crippen LogP contribution in [-0.2, 0) is 11.2 Å². The Balaban J connectivity index is 2.19. The molecule has 0 bridgehead atoms. The van der Waals surface area contributed by atoms with Crippen molar-refractivity contribution in [2.45, 2.75) is 13.3 Å². The molecule has 1 heterocycles. The predicted octanol–water partition coefficient (Wildman–Crippen LogP) is 3.43. The molecule has 1 aromatic heterocycles. The maximum Gasteiger partial charge on any atom is 0.183 e. The summed E-state index contributed by atoms with van der Waals surface area (Å²) in [5, 5.41) is 4.27. The largest absolute Gasteiger partial charge is 0.383 e. The topological polar surface area (TPSA) is 34.2 Å². The smallest absolute Gasteiger partial charge is 0.183 e. The summed E-state index contributed by atoms with van der Waals surface area (Å²) in [6.45, 7) is 3.63. The second-order valence-corrected chi connectivity index (χ2v) is 4.93. The van der Waals surface area contributed by atoms with Gasteiger partial charge in [-0.05, 0) is 12.0 Å². The number of rotatable bonds is 6. The van der Waals surface area contributed by atoms with Crippen molar-refractivity contribution >= 4 is 16.5 Å². The van der Waals surface area contributed by atoms with Crippen LogP contribution in [0.1, 0.15) is 12.6 Å². The second kappa shape index (κ2) is 6.52. The number of benzene rings is 1. The summed E-state index contributed by atoms with van der Waals surface area (Å²) in [5.74, 6) is 0. The fourth-order valence-corrected chi connectivity index (χ4v) is 2.83. The molecule has 0 fully saturated rings. The fraction of sp³-hybridized carbons (Fsp3) is 0.357. The van der Waals surface area contributed by atoms with Gasteiger partial charge in [-0.3, -0.25) is 0 Å². The Kier molecular flexibility index (Phi) is 4.73. The average Bonchev–Trinajstić information content (AvgIpc) is 2.83. The molecule has 2 aromatic rings. The molecule has 18 heavy (non-hydrogen) atoms. The number of hydrogen-bond acceptors (Lipinski definition) is 4. The minimum Gasteiger partial charge on any atom is -0.383 e. The molecule has 1 aromatic carbocycles. The van der Waals surface area contributed by atoms with Gasteiger partial charge in [-0.15, -0.1) is 0 Å². The number of ether oxygens (including phenoxy) is 1. The van der Waals surface area contributed by atoms with Crippen LogP contribution in [0.2, 0.25) is 0 Å². The first-order chi connectivity index (χ1) is 8.85. The van der Waals surface area contributed by atoms with Crippen LogP contribution < -0.4 is 5.32 Å². The van der Waals surface area contributed by atoms with Gasteiger partial charge in [0.25, 0.3) is 0 Å². The summed E-state index contributed by atoms with van der Waals surface area (Å²) in [6, 6.07) is 10.4. The zero-order valence-electron chi connectivity index (χ0n) is 10.8. The van der Waals surface area contributed by atoms with Crippen LogP contribution in [0, 0.1) is 0 Å². The van der Waals surface area contributed by atoms with E-state index in [1.54, 1.807) is 18.4 Å². The highest BCUT2D eigenvalue weighted by molar-refractivity contribution is 7.19. The summed E-state index contributed by atoms with van der Waals surface area (Å²) in [4.78, 5) is 5.89. The van der Waals surface area contributed by atoms with E-state index in [2.05, 4.69) is 41.5 Å². The average molecular weight is 262 g/mol. The van der Waals surface area contributed by atoms with Crippen LogP contribution in [0.5, 0.6) is 0 Å². The molecule has 0 unspecified atom stereocenters. The van der Waals surface area contributed by atoms with Gasteiger partial charge in [0.05, 0.1) is 17.2 Å². The monoisotopic (exact) mass is 262 g/mol. The van der Waals surface area contributed by atoms with Crippen molar-refractivity contribution in [2.75, 3.05) is 25.6 Å². The lowest BCUT2D eigenvalue weighted by Crippen LogP contribution is -2.07. The van der Waals surface area contributed by atoms with Crippen molar-refractivity contribution in [1.82, 2.24) is 4.98 Å². The zero-order chi connectivity index (χ0) is 12.8. The maximum atomic E-state index is 5.03. The molecular formula is C14H18N2OS. The summed E-state index contributed by atoms with van der Waals surface area (Å²) in [6.07, 6.45) is 0.951. The first kappa shape index (κ1) is 13.1. The van der Waals surface area contributed by atoms with Gasteiger partial charge >= 0.3 is 0 Å². The summed E-state index contributed by atoms with van der Waals surface area (Å²) < 4.78 is 5.03. The van der Waals surface area contributed by atoms with Crippen LogP contribution in [0.25, 0.3) is 10.4 Å². The van der Waals surface area contributed by atoms with E-state index in [0.717, 1.165) is 23.8 Å². The molecule has 0 aliphatic carbocycles. The minimum atomic E-state index is 0.696. The summed E-state index contributed by atoms with van der Waals surface area (Å²) >= 11 is 1.71. The third-order valence-corrected chi connectivity index (χ3v) is 3.76. The third kappa shape index (κ3) is 3.09. The molecule has 0 aliphatic rings. The Morgan fingerprint density at radius 1 is 1.28 bits per heavy atom. The van der Waals surface area contributed by atoms with Crippen LogP contribution in [0.4, 0.5) is 5.13 Å². The molecule has 0 amide bonds. The Labute approximate surface area is 112 Å². The number of aryl methyl sites for hydroxylation is 1. The number of nitrogens with one attached hydrogen (secondary N) is 1. The van der Waals surface area contributed by atoms with Gasteiger partial charge in [0.2, 0.25) is 0 Å². The lowest BCUT2D eigenvalue weighted by Gasteiger charge is -1.99. The normalized spacial score (nSPS) is 10.6. The Morgan fingerprint density at radius 2 is 2.06 bits per heavy atom. The van der Waals surface area contributed by atoms with Crippen molar-refractivity contribution in [1.29, 1.82) is 0 Å². The standard InChI is InChI=1S/C14H18N2OS/c1-3-12-13(11-7-5-4-6-8-11)18-14(16-12)15-9-10-17-2/h4-8H,3,9-10H2,1-2H3,(H,15,16). The van der Waals surface area contributed by atoms with E-state index in [0.29, 0.717) is 6.61 Å². The molecule has 3 nitrogen and oxygen atoms in total. The van der Waals surface area contributed by atoms with Gasteiger partial charge in [-0.2, -0.15) is 0 Å². The van der Waals surface area contributed by atoms with E-state index in [1.807, 2.05) is 6.07 Å². The molecule has 0 atom stereocenters. The number of anilines is 1. The Morgan fingerprint density at radius 3 is 2.72 bits per heavy atom. The van der Waals surface area contributed by atoms with Crippen molar-refractivity contribution < 1.29 is 4.74 Å². The van der Waals surface area contributed by atoms with Gasteiger partial charge in [-0.1, -0.05) is 48.6 Å². The van der Waals surface area contributed by atoms with E-state index < -0.39 is 0 Å². The number of nitrogens with zero attached hydrogens (tertiary/aromatic N) is 1. The van der Waals surface area contributed by atoms with Crippen molar-refractivity contribution in [2.24, 2.45) is 0 Å². The van der Waals surface area contributed by atoms with Crippen LogP contribution in [-0.4, -0.2) is 25.2 Å². The minimum absolute atomic E-state index is 0.696. The molecule has 0 spiro atoms. The molecule has 2 rings (SSSR count). The maximum absolute atomic E-state index is 5.03. The molecular weight excluding hydrogens is 244 g/mol. The van der Waals surface area contributed by atoms with Gasteiger partial charge in [0, 0.05) is 13.7 Å². The zero-order valence-corrected chi connectivity index (χ0v) is 11.6. The van der Waals surface area contributed by atoms with Crippen LogP contribution in [0.15, 0.2) is 30.3 Å². The molecule has 4 heteroatoms. The highest BCUT2D eigenvalue weighted by Gasteiger charge is 2.10. The van der Waals surface area contributed by atoms with E-state index in [4.69, 9.17) is 4.74 Å². The van der Waals surface area contributed by atoms with Crippen molar-refractivity contribution in [3.63, 3.8) is 0 Å². The van der Waals surface area contributed by atoms with Gasteiger partial charge in [0.1, 0.15) is 0 Å². The second-order valence-electron chi connectivity index (χ2n) is 3.93. The summed E-state index contributed by atoms with van der Waals surface area (Å²) in [5.41, 5.74) is 2.40. The van der Waals surface area contributed by atoms with E-state index in [-0.39, 0.29) is 0 Å². The van der Waals surface area contributed by atoms with E-state index in [9.17, 15) is 0 Å². The van der Waals surface area contributed by atoms with Gasteiger partial charge in [-0.25, -0.2) is 4.98 Å². The van der Waals surface area contributed by atoms with E-state index in [1.165, 1.54) is 10.4 Å². The Hall–Kier alpha value is -1.39. The quantitative estimate of drug-likeness (QED) is 0.810. The molecule has 0 radical (unpaired) electrons. The first-order valence-corrected chi connectivity index (χ1v) is 6.94. The lowest BCUT2D eigenvalue weighted by atomic mass is 10.1. The first-order valence-electron chi connectivity index (χ1n) is 6.13. The molecule has 0 saturated heterocycles. The Bertz CT molecular complexity index is 482. The van der Waals surface area contributed by atoms with E-state index >= 15 is 0 Å². The fourth-order valence-electron chi connectivity index (χ4n) is 1.74. The molecule has 96 valence electrons. The number of hydrogen-bond donors (Lipinski definition) is 1. The number of methoxy groups -OCH3 is 1. The van der Waals surface area contributed by atoms with Crippen molar-refractivity contribution in [3.8, 4) is 10.4 Å². The number of aromatic nitrogens is 1. The van der Waals surface area contributed by atoms with Gasteiger partial charge < -0.3 is 10.1 Å². The highest BCUT2D eigenvalue weighted by Crippen LogP contribution is 2.33. The van der Waals surface area contributed by atoms with Crippen LogP contribution in [0.3, 0.4) is 0 Å². The molecule has 1 N–H and O–H groups in total. The van der Waals surface area contributed by atoms with Crippen molar-refractivity contribution in [3.05, 3.63) is 36.0 Å². The molecule has 0 saturated carbocycles. The predicted molar refractivity (Wildman–Crippen MR) is 77.3 cm³/mol. The summed E-state index contributed by atoms with van der Waals surface area (Å²) in [7, 11) is 1.70. The highest BCUT2D eigenvalue weighted by atomic mass is 32.1. The van der Waals surface area contributed by atoms with Crippen LogP contribution >= 0.6 is 11.3 Å². The number of thiazole rings is 1.